The zero-order chi connectivity index (χ0) is 17.1. The smallest absolute Gasteiger partial charge is 0.242 e. The van der Waals surface area contributed by atoms with Gasteiger partial charge in [-0.25, -0.2) is 8.42 Å². The summed E-state index contributed by atoms with van der Waals surface area (Å²) in [6, 6.07) is 10.7. The van der Waals surface area contributed by atoms with Crippen molar-refractivity contribution in [2.24, 2.45) is 5.41 Å². The van der Waals surface area contributed by atoms with Crippen molar-refractivity contribution in [1.29, 1.82) is 5.26 Å². The van der Waals surface area contributed by atoms with E-state index in [4.69, 9.17) is 5.26 Å². The first kappa shape index (κ1) is 17.3. The number of anilines is 1. The van der Waals surface area contributed by atoms with Gasteiger partial charge in [-0.3, -0.25) is 9.52 Å². The van der Waals surface area contributed by atoms with Crippen LogP contribution < -0.4 is 4.72 Å². The van der Waals surface area contributed by atoms with E-state index < -0.39 is 20.7 Å². The Morgan fingerprint density at radius 2 is 2.00 bits per heavy atom. The summed E-state index contributed by atoms with van der Waals surface area (Å²) >= 11 is 0. The quantitative estimate of drug-likeness (QED) is 0.911. The van der Waals surface area contributed by atoms with Crippen molar-refractivity contribution >= 4 is 21.6 Å². The van der Waals surface area contributed by atoms with E-state index in [9.17, 15) is 13.2 Å². The molecule has 7 heteroatoms. The van der Waals surface area contributed by atoms with Gasteiger partial charge in [0.2, 0.25) is 15.9 Å². The highest BCUT2D eigenvalue weighted by Gasteiger charge is 2.38. The third-order valence-electron chi connectivity index (χ3n) is 3.95. The summed E-state index contributed by atoms with van der Waals surface area (Å²) in [6.45, 7) is 3.71. The Morgan fingerprint density at radius 3 is 2.61 bits per heavy atom. The number of likely N-dealkylation sites (tertiary alicyclic amines) is 1. The van der Waals surface area contributed by atoms with Crippen molar-refractivity contribution in [1.82, 2.24) is 4.90 Å². The minimum absolute atomic E-state index is 0.117. The number of benzene rings is 1. The summed E-state index contributed by atoms with van der Waals surface area (Å²) in [5.41, 5.74) is -0.633. The fourth-order valence-electron chi connectivity index (χ4n) is 2.57. The van der Waals surface area contributed by atoms with E-state index in [1.54, 1.807) is 38.1 Å². The molecule has 2 rings (SSSR count). The molecule has 6 nitrogen and oxygen atoms in total. The van der Waals surface area contributed by atoms with Crippen LogP contribution >= 0.6 is 0 Å². The summed E-state index contributed by atoms with van der Waals surface area (Å²) in [6.07, 6.45) is 1.10. The van der Waals surface area contributed by atoms with Gasteiger partial charge in [-0.05, 0) is 38.8 Å². The third kappa shape index (κ3) is 4.02. The lowest BCUT2D eigenvalue weighted by molar-refractivity contribution is -0.138. The molecule has 0 bridgehead atoms. The van der Waals surface area contributed by atoms with E-state index in [0.717, 1.165) is 0 Å². The maximum Gasteiger partial charge on any atom is 0.242 e. The minimum atomic E-state index is -3.58. The molecule has 1 aromatic rings. The van der Waals surface area contributed by atoms with Crippen LogP contribution in [0.1, 0.15) is 26.7 Å². The molecule has 1 N–H and O–H groups in total. The van der Waals surface area contributed by atoms with E-state index in [0.29, 0.717) is 25.1 Å². The van der Waals surface area contributed by atoms with Crippen molar-refractivity contribution < 1.29 is 13.2 Å². The largest absolute Gasteiger partial charge is 0.340 e. The number of nitrogens with one attached hydrogen (secondary N) is 1. The van der Waals surface area contributed by atoms with Crippen molar-refractivity contribution in [3.63, 3.8) is 0 Å². The molecule has 1 atom stereocenters. The van der Waals surface area contributed by atoms with Gasteiger partial charge in [-0.1, -0.05) is 18.2 Å². The summed E-state index contributed by atoms with van der Waals surface area (Å²) in [7, 11) is -3.58. The number of para-hydroxylation sites is 1. The molecule has 0 saturated carbocycles. The first-order chi connectivity index (χ1) is 10.8. The highest BCUT2D eigenvalue weighted by Crippen LogP contribution is 2.24. The number of amides is 1. The Labute approximate surface area is 137 Å². The highest BCUT2D eigenvalue weighted by molar-refractivity contribution is 7.93. The molecule has 0 aliphatic carbocycles. The van der Waals surface area contributed by atoms with Gasteiger partial charge in [-0.15, -0.1) is 0 Å². The fourth-order valence-corrected chi connectivity index (χ4v) is 4.06. The monoisotopic (exact) mass is 335 g/mol. The van der Waals surface area contributed by atoms with Gasteiger partial charge in [0.05, 0.1) is 11.3 Å². The Bertz CT molecular complexity index is 708. The number of carbonyl (C=O) groups excluding carboxylic acids is 1. The molecule has 0 radical (unpaired) electrons. The van der Waals surface area contributed by atoms with Crippen LogP contribution in [0.15, 0.2) is 30.3 Å². The first-order valence-electron chi connectivity index (χ1n) is 7.53. The number of sulfonamides is 1. The molecule has 1 saturated heterocycles. The lowest BCUT2D eigenvalue weighted by atomic mass is 9.93. The zero-order valence-corrected chi connectivity index (χ0v) is 14.1. The lowest BCUT2D eigenvalue weighted by Crippen LogP contribution is -2.50. The minimum Gasteiger partial charge on any atom is -0.340 e. The topological polar surface area (TPSA) is 90.3 Å². The Balaban J connectivity index is 2.12. The summed E-state index contributed by atoms with van der Waals surface area (Å²) in [5.74, 6) is -0.320. The normalized spacial score (nSPS) is 19.0. The number of carbonyl (C=O) groups is 1. The van der Waals surface area contributed by atoms with E-state index in [1.165, 1.54) is 4.90 Å². The highest BCUT2D eigenvalue weighted by atomic mass is 32.2. The molecule has 1 fully saturated rings. The van der Waals surface area contributed by atoms with Crippen LogP contribution in [-0.4, -0.2) is 37.6 Å². The van der Waals surface area contributed by atoms with Crippen LogP contribution in [0.25, 0.3) is 0 Å². The summed E-state index contributed by atoms with van der Waals surface area (Å²) < 4.78 is 27.6. The number of hydrogen-bond donors (Lipinski definition) is 1. The molecule has 0 aromatic heterocycles. The van der Waals surface area contributed by atoms with E-state index >= 15 is 0 Å². The van der Waals surface area contributed by atoms with Crippen molar-refractivity contribution in [2.75, 3.05) is 17.8 Å². The van der Waals surface area contributed by atoms with Gasteiger partial charge in [0, 0.05) is 18.8 Å². The predicted molar refractivity (Wildman–Crippen MR) is 88.0 cm³/mol. The second-order valence-electron chi connectivity index (χ2n) is 6.27. The van der Waals surface area contributed by atoms with Gasteiger partial charge < -0.3 is 4.90 Å². The van der Waals surface area contributed by atoms with Crippen LogP contribution in [-0.2, 0) is 14.8 Å². The van der Waals surface area contributed by atoms with Gasteiger partial charge in [-0.2, -0.15) is 5.26 Å². The molecule has 1 amide bonds. The molecule has 1 heterocycles. The molecular formula is C16H21N3O3S. The molecule has 1 aliphatic heterocycles. The van der Waals surface area contributed by atoms with E-state index in [1.807, 2.05) is 12.1 Å². The van der Waals surface area contributed by atoms with Crippen molar-refractivity contribution in [2.45, 2.75) is 31.9 Å². The average molecular weight is 335 g/mol. The SMILES string of the molecule is CC(C)(C#N)C(=O)N1CCC[C@@H](S(=O)(=O)Nc2ccccc2)C1. The molecule has 1 aromatic carbocycles. The maximum absolute atomic E-state index is 12.5. The Kier molecular flexibility index (Phi) is 4.95. The molecule has 124 valence electrons. The Morgan fingerprint density at radius 1 is 1.35 bits per heavy atom. The molecular weight excluding hydrogens is 314 g/mol. The second kappa shape index (κ2) is 6.59. The molecule has 0 spiro atoms. The van der Waals surface area contributed by atoms with Crippen LogP contribution in [0.5, 0.6) is 0 Å². The summed E-state index contributed by atoms with van der Waals surface area (Å²) in [5, 5.41) is 8.42. The molecule has 1 aliphatic rings. The predicted octanol–water partition coefficient (Wildman–Crippen LogP) is 1.97. The number of hydrogen-bond acceptors (Lipinski definition) is 4. The van der Waals surface area contributed by atoms with Crippen LogP contribution in [0.2, 0.25) is 0 Å². The average Bonchev–Trinajstić information content (AvgIpc) is 2.55. The van der Waals surface area contributed by atoms with Gasteiger partial charge >= 0.3 is 0 Å². The number of rotatable bonds is 4. The van der Waals surface area contributed by atoms with Gasteiger partial charge in [0.15, 0.2) is 0 Å². The van der Waals surface area contributed by atoms with Crippen molar-refractivity contribution in [3.8, 4) is 6.07 Å². The van der Waals surface area contributed by atoms with Crippen LogP contribution in [0, 0.1) is 16.7 Å². The third-order valence-corrected chi connectivity index (χ3v) is 5.73. The van der Waals surface area contributed by atoms with Gasteiger partial charge in [0.1, 0.15) is 5.41 Å². The lowest BCUT2D eigenvalue weighted by Gasteiger charge is -2.35. The Hall–Kier alpha value is -2.07. The number of nitrogens with zero attached hydrogens (tertiary/aromatic N) is 2. The van der Waals surface area contributed by atoms with Gasteiger partial charge in [0.25, 0.3) is 0 Å². The van der Waals surface area contributed by atoms with Crippen LogP contribution in [0.4, 0.5) is 5.69 Å². The first-order valence-corrected chi connectivity index (χ1v) is 9.08. The number of piperidine rings is 1. The summed E-state index contributed by atoms with van der Waals surface area (Å²) in [4.78, 5) is 13.9. The van der Waals surface area contributed by atoms with Crippen LogP contribution in [0.3, 0.4) is 0 Å². The fraction of sp³-hybridized carbons (Fsp3) is 0.500. The standard InChI is InChI=1S/C16H21N3O3S/c1-16(2,12-17)15(20)19-10-6-9-14(11-19)23(21,22)18-13-7-4-3-5-8-13/h3-5,7-8,14,18H,6,9-11H2,1-2H3/t14-/m1/s1. The maximum atomic E-state index is 12.5. The van der Waals surface area contributed by atoms with Crippen molar-refractivity contribution in [3.05, 3.63) is 30.3 Å². The molecule has 0 unspecified atom stereocenters. The number of nitriles is 1. The van der Waals surface area contributed by atoms with E-state index in [2.05, 4.69) is 4.72 Å². The molecule has 23 heavy (non-hydrogen) atoms. The van der Waals surface area contributed by atoms with E-state index in [-0.39, 0.29) is 12.5 Å². The zero-order valence-electron chi connectivity index (χ0n) is 13.3. The second-order valence-corrected chi connectivity index (χ2v) is 8.23.